The quantitative estimate of drug-likeness (QED) is 0.859. The summed E-state index contributed by atoms with van der Waals surface area (Å²) in [4.78, 5) is 0. The van der Waals surface area contributed by atoms with E-state index in [4.69, 9.17) is 4.74 Å². The number of nitrogens with one attached hydrogen (secondary N) is 1. The maximum absolute atomic E-state index is 5.64. The Balaban J connectivity index is 1.96. The van der Waals surface area contributed by atoms with Crippen molar-refractivity contribution < 1.29 is 4.74 Å². The molecule has 0 heterocycles. The SMILES string of the molecule is COC1(CNC(C)c2cc(C)cc(C)c2)CCC1. The van der Waals surface area contributed by atoms with Crippen LogP contribution in [0.5, 0.6) is 0 Å². The third-order valence-electron chi connectivity index (χ3n) is 4.17. The fourth-order valence-electron chi connectivity index (χ4n) is 2.74. The van der Waals surface area contributed by atoms with Gasteiger partial charge in [-0.15, -0.1) is 0 Å². The first kappa shape index (κ1) is 13.6. The maximum atomic E-state index is 5.64. The zero-order chi connectivity index (χ0) is 13.2. The first-order valence-electron chi connectivity index (χ1n) is 6.91. The number of methoxy groups -OCH3 is 1. The lowest BCUT2D eigenvalue weighted by Gasteiger charge is -2.41. The topological polar surface area (TPSA) is 21.3 Å². The van der Waals surface area contributed by atoms with Gasteiger partial charge in [0.05, 0.1) is 5.60 Å². The van der Waals surface area contributed by atoms with Crippen LogP contribution in [0.2, 0.25) is 0 Å². The average molecular weight is 247 g/mol. The maximum Gasteiger partial charge on any atom is 0.0802 e. The Kier molecular flexibility index (Phi) is 4.08. The lowest BCUT2D eigenvalue weighted by Crippen LogP contribution is -2.48. The van der Waals surface area contributed by atoms with Crippen molar-refractivity contribution >= 4 is 0 Å². The Morgan fingerprint density at radius 1 is 1.22 bits per heavy atom. The van der Waals surface area contributed by atoms with E-state index in [1.165, 1.54) is 36.0 Å². The van der Waals surface area contributed by atoms with Crippen LogP contribution >= 0.6 is 0 Å². The molecule has 2 nitrogen and oxygen atoms in total. The highest BCUT2D eigenvalue weighted by Crippen LogP contribution is 2.34. The normalized spacial score (nSPS) is 19.3. The minimum Gasteiger partial charge on any atom is -0.377 e. The highest BCUT2D eigenvalue weighted by molar-refractivity contribution is 5.30. The van der Waals surface area contributed by atoms with Crippen LogP contribution < -0.4 is 5.32 Å². The second kappa shape index (κ2) is 5.41. The molecule has 100 valence electrons. The van der Waals surface area contributed by atoms with Gasteiger partial charge in [-0.3, -0.25) is 0 Å². The molecule has 1 aliphatic rings. The number of aryl methyl sites for hydroxylation is 2. The average Bonchev–Trinajstić information content (AvgIpc) is 2.26. The molecule has 1 atom stereocenters. The van der Waals surface area contributed by atoms with E-state index in [1.54, 1.807) is 0 Å². The smallest absolute Gasteiger partial charge is 0.0802 e. The number of hydrogen-bond acceptors (Lipinski definition) is 2. The van der Waals surface area contributed by atoms with Crippen molar-refractivity contribution in [2.24, 2.45) is 0 Å². The summed E-state index contributed by atoms with van der Waals surface area (Å²) in [5, 5.41) is 3.62. The molecule has 1 unspecified atom stereocenters. The number of hydrogen-bond donors (Lipinski definition) is 1. The van der Waals surface area contributed by atoms with Crippen molar-refractivity contribution in [3.8, 4) is 0 Å². The molecule has 0 radical (unpaired) electrons. The number of benzene rings is 1. The van der Waals surface area contributed by atoms with Crippen LogP contribution in [0, 0.1) is 13.8 Å². The summed E-state index contributed by atoms with van der Waals surface area (Å²) in [5.74, 6) is 0. The van der Waals surface area contributed by atoms with Crippen molar-refractivity contribution in [3.05, 3.63) is 34.9 Å². The van der Waals surface area contributed by atoms with Crippen molar-refractivity contribution in [3.63, 3.8) is 0 Å². The molecule has 1 aliphatic carbocycles. The molecule has 0 amide bonds. The van der Waals surface area contributed by atoms with Gasteiger partial charge in [0, 0.05) is 19.7 Å². The van der Waals surface area contributed by atoms with Crippen LogP contribution in [0.4, 0.5) is 0 Å². The van der Waals surface area contributed by atoms with E-state index in [0.29, 0.717) is 6.04 Å². The van der Waals surface area contributed by atoms with Gasteiger partial charge in [0.2, 0.25) is 0 Å². The molecule has 1 N–H and O–H groups in total. The van der Waals surface area contributed by atoms with Gasteiger partial charge < -0.3 is 10.1 Å². The zero-order valence-corrected chi connectivity index (χ0v) is 12.0. The zero-order valence-electron chi connectivity index (χ0n) is 12.0. The van der Waals surface area contributed by atoms with E-state index in [1.807, 2.05) is 7.11 Å². The summed E-state index contributed by atoms with van der Waals surface area (Å²) >= 11 is 0. The Morgan fingerprint density at radius 3 is 2.28 bits per heavy atom. The van der Waals surface area contributed by atoms with Crippen molar-refractivity contribution in [1.29, 1.82) is 0 Å². The van der Waals surface area contributed by atoms with E-state index in [0.717, 1.165) is 6.54 Å². The molecule has 0 saturated heterocycles. The lowest BCUT2D eigenvalue weighted by molar-refractivity contribution is -0.0706. The molecular weight excluding hydrogens is 222 g/mol. The van der Waals surface area contributed by atoms with Gasteiger partial charge in [0.15, 0.2) is 0 Å². The second-order valence-electron chi connectivity index (χ2n) is 5.76. The fraction of sp³-hybridized carbons (Fsp3) is 0.625. The minimum atomic E-state index is 0.104. The molecule has 2 heteroatoms. The molecule has 1 aromatic carbocycles. The van der Waals surface area contributed by atoms with Gasteiger partial charge in [-0.25, -0.2) is 0 Å². The molecule has 0 bridgehead atoms. The van der Waals surface area contributed by atoms with Crippen LogP contribution in [-0.2, 0) is 4.74 Å². The van der Waals surface area contributed by atoms with E-state index >= 15 is 0 Å². The summed E-state index contributed by atoms with van der Waals surface area (Å²) < 4.78 is 5.64. The molecule has 1 aromatic rings. The molecule has 1 saturated carbocycles. The first-order chi connectivity index (χ1) is 8.54. The largest absolute Gasteiger partial charge is 0.377 e. The van der Waals surface area contributed by atoms with E-state index in [9.17, 15) is 0 Å². The van der Waals surface area contributed by atoms with Crippen molar-refractivity contribution in [1.82, 2.24) is 5.32 Å². The van der Waals surface area contributed by atoms with Crippen LogP contribution in [0.1, 0.15) is 48.9 Å². The highest BCUT2D eigenvalue weighted by Gasteiger charge is 2.36. The summed E-state index contributed by atoms with van der Waals surface area (Å²) in [6.07, 6.45) is 3.68. The van der Waals surface area contributed by atoms with Gasteiger partial charge in [-0.05, 0) is 45.6 Å². The van der Waals surface area contributed by atoms with Crippen LogP contribution in [0.15, 0.2) is 18.2 Å². The van der Waals surface area contributed by atoms with Gasteiger partial charge in [-0.2, -0.15) is 0 Å². The minimum absolute atomic E-state index is 0.104. The predicted molar refractivity (Wildman–Crippen MR) is 75.9 cm³/mol. The number of rotatable bonds is 5. The highest BCUT2D eigenvalue weighted by atomic mass is 16.5. The Labute approximate surface area is 111 Å². The van der Waals surface area contributed by atoms with Crippen LogP contribution in [0.3, 0.4) is 0 Å². The van der Waals surface area contributed by atoms with Gasteiger partial charge in [-0.1, -0.05) is 29.3 Å². The molecule has 0 aromatic heterocycles. The number of ether oxygens (including phenoxy) is 1. The first-order valence-corrected chi connectivity index (χ1v) is 6.91. The Bertz CT molecular complexity index is 384. The Morgan fingerprint density at radius 2 is 1.83 bits per heavy atom. The van der Waals surface area contributed by atoms with Gasteiger partial charge >= 0.3 is 0 Å². The van der Waals surface area contributed by atoms with Gasteiger partial charge in [0.25, 0.3) is 0 Å². The molecule has 0 aliphatic heterocycles. The summed E-state index contributed by atoms with van der Waals surface area (Å²) in [6.45, 7) is 7.51. The monoisotopic (exact) mass is 247 g/mol. The van der Waals surface area contributed by atoms with E-state index in [-0.39, 0.29) is 5.60 Å². The third-order valence-corrected chi connectivity index (χ3v) is 4.17. The Hall–Kier alpha value is -0.860. The van der Waals surface area contributed by atoms with Gasteiger partial charge in [0.1, 0.15) is 0 Å². The van der Waals surface area contributed by atoms with Crippen molar-refractivity contribution in [2.45, 2.75) is 51.7 Å². The van der Waals surface area contributed by atoms with Crippen LogP contribution in [-0.4, -0.2) is 19.3 Å². The summed E-state index contributed by atoms with van der Waals surface area (Å²) in [7, 11) is 1.84. The fourth-order valence-corrected chi connectivity index (χ4v) is 2.74. The standard InChI is InChI=1S/C16H25NO/c1-12-8-13(2)10-15(9-12)14(3)17-11-16(18-4)6-5-7-16/h8-10,14,17H,5-7,11H2,1-4H3. The third kappa shape index (κ3) is 2.93. The van der Waals surface area contributed by atoms with E-state index < -0.39 is 0 Å². The molecule has 2 rings (SSSR count). The van der Waals surface area contributed by atoms with Crippen molar-refractivity contribution in [2.75, 3.05) is 13.7 Å². The molecular formula is C16H25NO. The summed E-state index contributed by atoms with van der Waals surface area (Å²) in [5.41, 5.74) is 4.15. The van der Waals surface area contributed by atoms with E-state index in [2.05, 4.69) is 44.3 Å². The molecule has 18 heavy (non-hydrogen) atoms. The lowest BCUT2D eigenvalue weighted by atomic mass is 9.79. The summed E-state index contributed by atoms with van der Waals surface area (Å²) in [6, 6.07) is 7.14. The second-order valence-corrected chi connectivity index (χ2v) is 5.76. The molecule has 1 fully saturated rings. The predicted octanol–water partition coefficient (Wildman–Crippen LogP) is 3.52. The van der Waals surface area contributed by atoms with Crippen LogP contribution in [0.25, 0.3) is 0 Å². The molecule has 0 spiro atoms.